The number of fused-ring (bicyclic) bond motifs is 1. The fourth-order valence-electron chi connectivity index (χ4n) is 4.09. The normalized spacial score (nSPS) is 17.0. The Labute approximate surface area is 185 Å². The molecule has 5 rings (SSSR count). The number of aromatic nitrogens is 2. The molecule has 1 aliphatic carbocycles. The standard InChI is InChI=1S/C24H25FN4O3/c1-27-9-11-28(12-10-27)22-20(25)14-29-21(26-22)18(17-7-8-17)13-19(23(29)30)24(31)32-15-16-5-3-2-4-6-16/h2-6,13-14,17H,7-12,15H2,1H3. The molecule has 0 radical (unpaired) electrons. The van der Waals surface area contributed by atoms with Gasteiger partial charge in [0.05, 0.1) is 6.20 Å². The number of benzene rings is 1. The Balaban J connectivity index is 1.52. The summed E-state index contributed by atoms with van der Waals surface area (Å²) in [5.74, 6) is -0.803. The van der Waals surface area contributed by atoms with Gasteiger partial charge < -0.3 is 14.5 Å². The highest BCUT2D eigenvalue weighted by Crippen LogP contribution is 2.42. The molecule has 1 saturated heterocycles. The van der Waals surface area contributed by atoms with Gasteiger partial charge in [0.15, 0.2) is 11.6 Å². The predicted octanol–water partition coefficient (Wildman–Crippen LogP) is 2.82. The number of ether oxygens (including phenoxy) is 1. The fourth-order valence-corrected chi connectivity index (χ4v) is 4.09. The first-order valence-corrected chi connectivity index (χ1v) is 10.9. The quantitative estimate of drug-likeness (QED) is 0.573. The van der Waals surface area contributed by atoms with Crippen LogP contribution in [-0.2, 0) is 11.3 Å². The maximum atomic E-state index is 15.0. The van der Waals surface area contributed by atoms with Gasteiger partial charge in [-0.3, -0.25) is 9.20 Å². The number of halogens is 1. The van der Waals surface area contributed by atoms with E-state index in [0.717, 1.165) is 43.3 Å². The average Bonchev–Trinajstić information content (AvgIpc) is 3.64. The van der Waals surface area contributed by atoms with Gasteiger partial charge in [-0.05, 0) is 43.0 Å². The van der Waals surface area contributed by atoms with Gasteiger partial charge in [0.1, 0.15) is 17.8 Å². The van der Waals surface area contributed by atoms with Crippen LogP contribution in [0.1, 0.15) is 40.2 Å². The highest BCUT2D eigenvalue weighted by molar-refractivity contribution is 5.90. The van der Waals surface area contributed by atoms with Crippen LogP contribution in [0.2, 0.25) is 0 Å². The van der Waals surface area contributed by atoms with Gasteiger partial charge in [-0.2, -0.15) is 0 Å². The number of hydrogen-bond donors (Lipinski definition) is 0. The monoisotopic (exact) mass is 436 g/mol. The van der Waals surface area contributed by atoms with E-state index in [4.69, 9.17) is 4.74 Å². The molecular weight excluding hydrogens is 411 g/mol. The molecule has 3 aromatic rings. The summed E-state index contributed by atoms with van der Waals surface area (Å²) in [6.45, 7) is 3.05. The van der Waals surface area contributed by atoms with Gasteiger partial charge in [0.2, 0.25) is 0 Å². The van der Waals surface area contributed by atoms with E-state index in [1.54, 1.807) is 6.07 Å². The highest BCUT2D eigenvalue weighted by Gasteiger charge is 2.31. The van der Waals surface area contributed by atoms with E-state index < -0.39 is 17.3 Å². The molecule has 2 aromatic heterocycles. The Morgan fingerprint density at radius 2 is 1.88 bits per heavy atom. The molecule has 3 heterocycles. The number of carbonyl (C=O) groups is 1. The van der Waals surface area contributed by atoms with Gasteiger partial charge in [-0.1, -0.05) is 30.3 Å². The van der Waals surface area contributed by atoms with Gasteiger partial charge in [-0.15, -0.1) is 0 Å². The summed E-state index contributed by atoms with van der Waals surface area (Å²) in [5, 5.41) is 0. The molecule has 0 spiro atoms. The molecule has 7 nitrogen and oxygen atoms in total. The van der Waals surface area contributed by atoms with Crippen molar-refractivity contribution >= 4 is 17.4 Å². The second-order valence-corrected chi connectivity index (χ2v) is 8.55. The maximum absolute atomic E-state index is 15.0. The van der Waals surface area contributed by atoms with Gasteiger partial charge in [-0.25, -0.2) is 14.2 Å². The van der Waals surface area contributed by atoms with Crippen LogP contribution in [0, 0.1) is 5.82 Å². The zero-order chi connectivity index (χ0) is 22.2. The first-order valence-electron chi connectivity index (χ1n) is 10.9. The minimum Gasteiger partial charge on any atom is -0.457 e. The summed E-state index contributed by atoms with van der Waals surface area (Å²) in [6, 6.07) is 10.9. The molecule has 0 amide bonds. The molecule has 1 aromatic carbocycles. The van der Waals surface area contributed by atoms with Gasteiger partial charge >= 0.3 is 5.97 Å². The summed E-state index contributed by atoms with van der Waals surface area (Å²) in [7, 11) is 2.03. The lowest BCUT2D eigenvalue weighted by Gasteiger charge is -2.33. The Morgan fingerprint density at radius 3 is 2.56 bits per heavy atom. The third kappa shape index (κ3) is 3.98. The van der Waals surface area contributed by atoms with E-state index in [2.05, 4.69) is 9.88 Å². The zero-order valence-corrected chi connectivity index (χ0v) is 18.0. The molecule has 0 bridgehead atoms. The second-order valence-electron chi connectivity index (χ2n) is 8.55. The van der Waals surface area contributed by atoms with Crippen molar-refractivity contribution in [3.63, 3.8) is 0 Å². The van der Waals surface area contributed by atoms with Crippen molar-refractivity contribution in [2.24, 2.45) is 0 Å². The molecule has 32 heavy (non-hydrogen) atoms. The van der Waals surface area contributed by atoms with E-state index in [1.807, 2.05) is 42.3 Å². The first kappa shape index (κ1) is 20.6. The number of likely N-dealkylation sites (N-methyl/N-ethyl adjacent to an activating group) is 1. The predicted molar refractivity (Wildman–Crippen MR) is 119 cm³/mol. The van der Waals surface area contributed by atoms with Crippen LogP contribution < -0.4 is 10.5 Å². The number of nitrogens with zero attached hydrogens (tertiary/aromatic N) is 4. The van der Waals surface area contributed by atoms with Crippen LogP contribution in [0.4, 0.5) is 10.2 Å². The number of hydrogen-bond acceptors (Lipinski definition) is 6. The van der Waals surface area contributed by atoms with Crippen LogP contribution in [-0.4, -0.2) is 53.5 Å². The fraction of sp³-hybridized carbons (Fsp3) is 0.375. The van der Waals surface area contributed by atoms with Crippen molar-refractivity contribution < 1.29 is 13.9 Å². The number of anilines is 1. The zero-order valence-electron chi connectivity index (χ0n) is 18.0. The number of piperazine rings is 1. The van der Waals surface area contributed by atoms with Crippen LogP contribution in [0.5, 0.6) is 0 Å². The molecule has 0 unspecified atom stereocenters. The first-order chi connectivity index (χ1) is 15.5. The highest BCUT2D eigenvalue weighted by atomic mass is 19.1. The molecule has 166 valence electrons. The third-order valence-corrected chi connectivity index (χ3v) is 6.16. The van der Waals surface area contributed by atoms with Crippen molar-refractivity contribution in [2.75, 3.05) is 38.1 Å². The van der Waals surface area contributed by atoms with E-state index in [1.165, 1.54) is 4.40 Å². The van der Waals surface area contributed by atoms with Crippen LogP contribution in [0.3, 0.4) is 0 Å². The van der Waals surface area contributed by atoms with Gasteiger partial charge in [0, 0.05) is 26.2 Å². The Bertz CT molecular complexity index is 1220. The van der Waals surface area contributed by atoms with Crippen LogP contribution in [0.25, 0.3) is 5.65 Å². The lowest BCUT2D eigenvalue weighted by Crippen LogP contribution is -2.45. The number of pyridine rings is 1. The summed E-state index contributed by atoms with van der Waals surface area (Å²) in [4.78, 5) is 34.5. The van der Waals surface area contributed by atoms with E-state index in [-0.39, 0.29) is 23.9 Å². The second kappa shape index (κ2) is 8.35. The maximum Gasteiger partial charge on any atom is 0.344 e. The molecule has 8 heteroatoms. The van der Waals surface area contributed by atoms with Crippen molar-refractivity contribution in [2.45, 2.75) is 25.4 Å². The Morgan fingerprint density at radius 1 is 1.16 bits per heavy atom. The molecule has 2 fully saturated rings. The Hall–Kier alpha value is -3.26. The van der Waals surface area contributed by atoms with Crippen molar-refractivity contribution in [1.82, 2.24) is 14.3 Å². The largest absolute Gasteiger partial charge is 0.457 e. The summed E-state index contributed by atoms with van der Waals surface area (Å²) < 4.78 is 21.6. The Kier molecular flexibility index (Phi) is 5.38. The van der Waals surface area contributed by atoms with E-state index >= 15 is 4.39 Å². The number of rotatable bonds is 5. The topological polar surface area (TPSA) is 67.2 Å². The lowest BCUT2D eigenvalue weighted by molar-refractivity contribution is 0.0470. The van der Waals surface area contributed by atoms with Crippen LogP contribution >= 0.6 is 0 Å². The summed E-state index contributed by atoms with van der Waals surface area (Å²) in [5.41, 5.74) is 1.35. The van der Waals surface area contributed by atoms with Crippen molar-refractivity contribution in [3.8, 4) is 0 Å². The number of carbonyl (C=O) groups excluding carboxylic acids is 1. The van der Waals surface area contributed by atoms with Crippen molar-refractivity contribution in [3.05, 3.63) is 75.5 Å². The van der Waals surface area contributed by atoms with Crippen LogP contribution in [0.15, 0.2) is 47.4 Å². The summed E-state index contributed by atoms with van der Waals surface area (Å²) in [6.07, 6.45) is 3.07. The molecule has 1 aliphatic heterocycles. The molecular formula is C24H25FN4O3. The molecule has 0 atom stereocenters. The SMILES string of the molecule is CN1CCN(c2nc3c(C4CC4)cc(C(=O)OCc4ccccc4)c(=O)n3cc2F)CC1. The number of esters is 1. The minimum absolute atomic E-state index is 0.0650. The van der Waals surface area contributed by atoms with Crippen molar-refractivity contribution in [1.29, 1.82) is 0 Å². The molecule has 1 saturated carbocycles. The van der Waals surface area contributed by atoms with E-state index in [9.17, 15) is 9.59 Å². The lowest BCUT2D eigenvalue weighted by atomic mass is 10.1. The molecule has 2 aliphatic rings. The third-order valence-electron chi connectivity index (χ3n) is 6.16. The average molecular weight is 436 g/mol. The van der Waals surface area contributed by atoms with E-state index in [0.29, 0.717) is 18.7 Å². The van der Waals surface area contributed by atoms with Gasteiger partial charge in [0.25, 0.3) is 5.56 Å². The minimum atomic E-state index is -0.710. The molecule has 0 N–H and O–H groups in total. The smallest absolute Gasteiger partial charge is 0.344 e. The summed E-state index contributed by atoms with van der Waals surface area (Å²) >= 11 is 0.